The van der Waals surface area contributed by atoms with Crippen LogP contribution in [0.15, 0.2) is 29.2 Å². The third kappa shape index (κ3) is 3.75. The highest BCUT2D eigenvalue weighted by molar-refractivity contribution is 7.80. The second kappa shape index (κ2) is 6.25. The largest absolute Gasteiger partial charge is 0.381 e. The van der Waals surface area contributed by atoms with Crippen molar-refractivity contribution in [3.63, 3.8) is 0 Å². The molecule has 0 bridgehead atoms. The molecular weight excluding hydrogens is 246 g/mol. The van der Waals surface area contributed by atoms with E-state index in [9.17, 15) is 4.79 Å². The van der Waals surface area contributed by atoms with E-state index in [-0.39, 0.29) is 11.9 Å². The highest BCUT2D eigenvalue weighted by Gasteiger charge is 2.25. The van der Waals surface area contributed by atoms with Gasteiger partial charge in [-0.3, -0.25) is 4.79 Å². The van der Waals surface area contributed by atoms with E-state index < -0.39 is 0 Å². The van der Waals surface area contributed by atoms with Crippen molar-refractivity contribution in [1.82, 2.24) is 5.32 Å². The molecule has 3 nitrogen and oxygen atoms in total. The first kappa shape index (κ1) is 13.4. The summed E-state index contributed by atoms with van der Waals surface area (Å²) in [6.45, 7) is 0. The smallest absolute Gasteiger partial charge is 0.224 e. The summed E-state index contributed by atoms with van der Waals surface area (Å²) in [6, 6.07) is 7.96. The molecule has 1 amide bonds. The Kier molecular flexibility index (Phi) is 4.66. The number of hydrogen-bond donors (Lipinski definition) is 2. The quantitative estimate of drug-likeness (QED) is 0.819. The van der Waals surface area contributed by atoms with Crippen molar-refractivity contribution in [2.45, 2.75) is 42.7 Å². The molecule has 1 aliphatic carbocycles. The number of ether oxygens (including phenoxy) is 1. The van der Waals surface area contributed by atoms with Crippen molar-refractivity contribution in [3.8, 4) is 0 Å². The lowest BCUT2D eigenvalue weighted by Gasteiger charge is -2.13. The minimum absolute atomic E-state index is 0.0867. The monoisotopic (exact) mass is 265 g/mol. The number of carbonyl (C=O) groups is 1. The molecule has 18 heavy (non-hydrogen) atoms. The van der Waals surface area contributed by atoms with Gasteiger partial charge in [0.1, 0.15) is 0 Å². The number of carbonyl (C=O) groups excluding carboxylic acids is 1. The minimum Gasteiger partial charge on any atom is -0.381 e. The average molecular weight is 265 g/mol. The van der Waals surface area contributed by atoms with Gasteiger partial charge in [-0.25, -0.2) is 0 Å². The van der Waals surface area contributed by atoms with E-state index in [0.29, 0.717) is 12.5 Å². The fraction of sp³-hybridized carbons (Fsp3) is 0.500. The Morgan fingerprint density at radius 3 is 2.72 bits per heavy atom. The van der Waals surface area contributed by atoms with Gasteiger partial charge in [0.05, 0.1) is 12.5 Å². The molecule has 0 aromatic heterocycles. The van der Waals surface area contributed by atoms with Crippen LogP contribution in [0.1, 0.15) is 24.8 Å². The molecule has 1 aliphatic rings. The number of benzene rings is 1. The Bertz CT molecular complexity index is 405. The first-order valence-electron chi connectivity index (χ1n) is 6.27. The number of hydrogen-bond acceptors (Lipinski definition) is 3. The van der Waals surface area contributed by atoms with Crippen LogP contribution in [0.5, 0.6) is 0 Å². The molecule has 2 unspecified atom stereocenters. The van der Waals surface area contributed by atoms with Crippen molar-refractivity contribution in [3.05, 3.63) is 29.8 Å². The maximum Gasteiger partial charge on any atom is 0.224 e. The Morgan fingerprint density at radius 1 is 1.39 bits per heavy atom. The second-order valence-electron chi connectivity index (χ2n) is 4.78. The molecule has 1 saturated carbocycles. The SMILES string of the molecule is COC1CCC(NC(=O)Cc2ccc(S)cc2)C1. The molecule has 1 aromatic rings. The van der Waals surface area contributed by atoms with Gasteiger partial charge in [-0.15, -0.1) is 12.6 Å². The maximum absolute atomic E-state index is 11.9. The van der Waals surface area contributed by atoms with Crippen LogP contribution in [-0.2, 0) is 16.0 Å². The molecule has 2 rings (SSSR count). The molecular formula is C14H19NO2S. The normalized spacial score (nSPS) is 23.0. The number of amides is 1. The van der Waals surface area contributed by atoms with Gasteiger partial charge in [-0.2, -0.15) is 0 Å². The van der Waals surface area contributed by atoms with Gasteiger partial charge < -0.3 is 10.1 Å². The second-order valence-corrected chi connectivity index (χ2v) is 5.29. The summed E-state index contributed by atoms with van der Waals surface area (Å²) in [5.74, 6) is 0.0867. The molecule has 98 valence electrons. The van der Waals surface area contributed by atoms with Crippen molar-refractivity contribution in [2.24, 2.45) is 0 Å². The first-order valence-corrected chi connectivity index (χ1v) is 6.72. The van der Waals surface area contributed by atoms with Crippen LogP contribution in [0.2, 0.25) is 0 Å². The van der Waals surface area contributed by atoms with Crippen LogP contribution in [0.4, 0.5) is 0 Å². The van der Waals surface area contributed by atoms with Crippen molar-refractivity contribution in [2.75, 3.05) is 7.11 Å². The number of methoxy groups -OCH3 is 1. The van der Waals surface area contributed by atoms with Crippen LogP contribution in [0.3, 0.4) is 0 Å². The van der Waals surface area contributed by atoms with Gasteiger partial charge in [0.15, 0.2) is 0 Å². The molecule has 4 heteroatoms. The Balaban J connectivity index is 1.80. The summed E-state index contributed by atoms with van der Waals surface area (Å²) < 4.78 is 5.29. The number of thiol groups is 1. The zero-order chi connectivity index (χ0) is 13.0. The molecule has 0 aliphatic heterocycles. The number of rotatable bonds is 4. The van der Waals surface area contributed by atoms with Gasteiger partial charge in [0, 0.05) is 18.0 Å². The third-order valence-corrected chi connectivity index (χ3v) is 3.68. The van der Waals surface area contributed by atoms with Gasteiger partial charge in [0.2, 0.25) is 5.91 Å². The lowest BCUT2D eigenvalue weighted by Crippen LogP contribution is -2.34. The van der Waals surface area contributed by atoms with Gasteiger partial charge in [-0.05, 0) is 37.0 Å². The average Bonchev–Trinajstić information content (AvgIpc) is 2.79. The van der Waals surface area contributed by atoms with Gasteiger partial charge >= 0.3 is 0 Å². The van der Waals surface area contributed by atoms with E-state index in [1.165, 1.54) is 0 Å². The summed E-state index contributed by atoms with van der Waals surface area (Å²) in [6.07, 6.45) is 3.72. The third-order valence-electron chi connectivity index (χ3n) is 3.38. The summed E-state index contributed by atoms with van der Waals surface area (Å²) in [4.78, 5) is 12.8. The van der Waals surface area contributed by atoms with Crippen molar-refractivity contribution in [1.29, 1.82) is 0 Å². The molecule has 2 atom stereocenters. The zero-order valence-electron chi connectivity index (χ0n) is 10.6. The highest BCUT2D eigenvalue weighted by Crippen LogP contribution is 2.21. The standard InChI is InChI=1S/C14H19NO2S/c1-17-12-5-4-11(9-12)15-14(16)8-10-2-6-13(18)7-3-10/h2-3,6-7,11-12,18H,4-5,8-9H2,1H3,(H,15,16). The first-order chi connectivity index (χ1) is 8.67. The van der Waals surface area contributed by atoms with E-state index >= 15 is 0 Å². The molecule has 1 fully saturated rings. The topological polar surface area (TPSA) is 38.3 Å². The fourth-order valence-corrected chi connectivity index (χ4v) is 2.51. The van der Waals surface area contributed by atoms with E-state index in [1.807, 2.05) is 24.3 Å². The predicted molar refractivity (Wildman–Crippen MR) is 74.0 cm³/mol. The molecule has 0 heterocycles. The van der Waals surface area contributed by atoms with Crippen molar-refractivity contribution < 1.29 is 9.53 Å². The Labute approximate surface area is 113 Å². The van der Waals surface area contributed by atoms with Crippen LogP contribution in [-0.4, -0.2) is 25.2 Å². The summed E-state index contributed by atoms with van der Waals surface area (Å²) in [5.41, 5.74) is 1.02. The molecule has 0 saturated heterocycles. The Morgan fingerprint density at radius 2 is 2.11 bits per heavy atom. The van der Waals surface area contributed by atoms with Crippen LogP contribution < -0.4 is 5.32 Å². The summed E-state index contributed by atoms with van der Waals surface area (Å²) >= 11 is 4.22. The lowest BCUT2D eigenvalue weighted by atomic mass is 10.1. The lowest BCUT2D eigenvalue weighted by molar-refractivity contribution is -0.121. The van der Waals surface area contributed by atoms with E-state index in [0.717, 1.165) is 29.7 Å². The van der Waals surface area contributed by atoms with Gasteiger partial charge in [-0.1, -0.05) is 12.1 Å². The molecule has 0 spiro atoms. The number of nitrogens with one attached hydrogen (secondary N) is 1. The Hall–Kier alpha value is -1.00. The van der Waals surface area contributed by atoms with Gasteiger partial charge in [0.25, 0.3) is 0 Å². The van der Waals surface area contributed by atoms with E-state index in [1.54, 1.807) is 7.11 Å². The maximum atomic E-state index is 11.9. The van der Waals surface area contributed by atoms with Crippen LogP contribution in [0, 0.1) is 0 Å². The van der Waals surface area contributed by atoms with Crippen LogP contribution >= 0.6 is 12.6 Å². The minimum atomic E-state index is 0.0867. The van der Waals surface area contributed by atoms with E-state index in [4.69, 9.17) is 4.74 Å². The summed E-state index contributed by atoms with van der Waals surface area (Å²) in [5, 5.41) is 3.07. The fourth-order valence-electron chi connectivity index (χ4n) is 2.36. The van der Waals surface area contributed by atoms with Crippen molar-refractivity contribution >= 4 is 18.5 Å². The van der Waals surface area contributed by atoms with E-state index in [2.05, 4.69) is 17.9 Å². The van der Waals surface area contributed by atoms with Crippen LogP contribution in [0.25, 0.3) is 0 Å². The molecule has 1 aromatic carbocycles. The predicted octanol–water partition coefficient (Wildman–Crippen LogP) is 2.20. The molecule has 1 N–H and O–H groups in total. The molecule has 0 radical (unpaired) electrons. The zero-order valence-corrected chi connectivity index (χ0v) is 11.5. The highest BCUT2D eigenvalue weighted by atomic mass is 32.1. The summed E-state index contributed by atoms with van der Waals surface area (Å²) in [7, 11) is 1.73.